The highest BCUT2D eigenvalue weighted by atomic mass is 32.1. The molecule has 2 heterocycles. The molecule has 0 aliphatic carbocycles. The Morgan fingerprint density at radius 1 is 1.12 bits per heavy atom. The first-order valence-electron chi connectivity index (χ1n) is 9.04. The van der Waals surface area contributed by atoms with Crippen LogP contribution >= 0.6 is 11.3 Å². The van der Waals surface area contributed by atoms with Crippen LogP contribution in [-0.2, 0) is 0 Å². The Morgan fingerprint density at radius 3 is 2.44 bits per heavy atom. The Morgan fingerprint density at radius 2 is 1.84 bits per heavy atom. The van der Waals surface area contributed by atoms with E-state index in [1.54, 1.807) is 11.3 Å². The van der Waals surface area contributed by atoms with Crippen molar-refractivity contribution in [1.82, 2.24) is 15.1 Å². The molecule has 2 unspecified atom stereocenters. The number of hydrogen-bond donors (Lipinski definition) is 1. The fraction of sp³-hybridized carbons (Fsp3) is 0.450. The van der Waals surface area contributed by atoms with E-state index in [2.05, 4.69) is 46.5 Å². The number of hydrogen-bond acceptors (Lipinski definition) is 4. The monoisotopic (exact) mass is 357 g/mol. The molecule has 1 aliphatic heterocycles. The molecule has 2 atom stereocenters. The summed E-state index contributed by atoms with van der Waals surface area (Å²) in [5.41, 5.74) is 0.718. The minimum Gasteiger partial charge on any atom is -0.348 e. The maximum absolute atomic E-state index is 12.6. The van der Waals surface area contributed by atoms with Crippen LogP contribution in [0.4, 0.5) is 0 Å². The van der Waals surface area contributed by atoms with Crippen molar-refractivity contribution in [2.45, 2.75) is 25.9 Å². The van der Waals surface area contributed by atoms with E-state index in [0.717, 1.165) is 38.3 Å². The lowest BCUT2D eigenvalue weighted by molar-refractivity contribution is 0.0753. The maximum atomic E-state index is 12.6. The van der Waals surface area contributed by atoms with Gasteiger partial charge in [0.2, 0.25) is 0 Å². The predicted molar refractivity (Wildman–Crippen MR) is 104 cm³/mol. The van der Waals surface area contributed by atoms with E-state index in [1.807, 2.05) is 30.3 Å². The fourth-order valence-electron chi connectivity index (χ4n) is 3.52. The molecular formula is C20H27N3OS. The number of benzene rings is 1. The highest BCUT2D eigenvalue weighted by molar-refractivity contribution is 7.10. The molecule has 1 saturated heterocycles. The van der Waals surface area contributed by atoms with E-state index < -0.39 is 0 Å². The molecule has 1 aliphatic rings. The van der Waals surface area contributed by atoms with Crippen LogP contribution in [0, 0.1) is 0 Å². The van der Waals surface area contributed by atoms with Gasteiger partial charge in [-0.25, -0.2) is 0 Å². The van der Waals surface area contributed by atoms with E-state index in [0.29, 0.717) is 0 Å². The average molecular weight is 358 g/mol. The molecule has 0 saturated carbocycles. The second kappa shape index (κ2) is 8.61. The first kappa shape index (κ1) is 18.1. The standard InChI is InChI=1S/C20H27N3OS/c1-3-22-11-13-23(14-12-22)19(18-10-7-15-25-18)16(2)21-20(24)17-8-5-4-6-9-17/h4-10,15-16,19H,3,11-14H2,1-2H3,(H,21,24). The molecular weight excluding hydrogens is 330 g/mol. The van der Waals surface area contributed by atoms with Crippen molar-refractivity contribution >= 4 is 17.2 Å². The summed E-state index contributed by atoms with van der Waals surface area (Å²) in [4.78, 5) is 18.9. The summed E-state index contributed by atoms with van der Waals surface area (Å²) in [6.45, 7) is 9.73. The summed E-state index contributed by atoms with van der Waals surface area (Å²) < 4.78 is 0. The topological polar surface area (TPSA) is 35.6 Å². The second-order valence-electron chi connectivity index (χ2n) is 6.56. The zero-order valence-electron chi connectivity index (χ0n) is 15.0. The van der Waals surface area contributed by atoms with Crippen molar-refractivity contribution in [2.24, 2.45) is 0 Å². The molecule has 0 bridgehead atoms. The number of carbonyl (C=O) groups is 1. The van der Waals surface area contributed by atoms with E-state index in [1.165, 1.54) is 4.88 Å². The van der Waals surface area contributed by atoms with Crippen LogP contribution in [0.5, 0.6) is 0 Å². The van der Waals surface area contributed by atoms with Crippen molar-refractivity contribution < 1.29 is 4.79 Å². The summed E-state index contributed by atoms with van der Waals surface area (Å²) in [5, 5.41) is 5.34. The Bertz CT molecular complexity index is 651. The van der Waals surface area contributed by atoms with Gasteiger partial charge in [-0.3, -0.25) is 9.69 Å². The van der Waals surface area contributed by atoms with Gasteiger partial charge >= 0.3 is 0 Å². The lowest BCUT2D eigenvalue weighted by atomic mass is 10.0. The molecule has 4 nitrogen and oxygen atoms in total. The fourth-order valence-corrected chi connectivity index (χ4v) is 4.48. The summed E-state index contributed by atoms with van der Waals surface area (Å²) in [7, 11) is 0. The number of rotatable bonds is 6. The molecule has 1 fully saturated rings. The number of carbonyl (C=O) groups excluding carboxylic acids is 1. The number of piperazine rings is 1. The summed E-state index contributed by atoms with van der Waals surface area (Å²) >= 11 is 1.78. The molecule has 2 aromatic rings. The Balaban J connectivity index is 1.72. The molecule has 0 spiro atoms. The van der Waals surface area contributed by atoms with Crippen LogP contribution in [0.2, 0.25) is 0 Å². The Hall–Kier alpha value is -1.69. The van der Waals surface area contributed by atoms with Gasteiger partial charge < -0.3 is 10.2 Å². The lowest BCUT2D eigenvalue weighted by Crippen LogP contribution is -2.52. The van der Waals surface area contributed by atoms with Gasteiger partial charge in [0.15, 0.2) is 0 Å². The highest BCUT2D eigenvalue weighted by Crippen LogP contribution is 2.29. The van der Waals surface area contributed by atoms with Gasteiger partial charge in [0.1, 0.15) is 0 Å². The predicted octanol–water partition coefficient (Wildman–Crippen LogP) is 3.25. The highest BCUT2D eigenvalue weighted by Gasteiger charge is 2.30. The van der Waals surface area contributed by atoms with Gasteiger partial charge in [-0.15, -0.1) is 11.3 Å². The molecule has 5 heteroatoms. The minimum absolute atomic E-state index is 0.00171. The normalized spacial score (nSPS) is 18.6. The number of nitrogens with zero attached hydrogens (tertiary/aromatic N) is 2. The number of thiophene rings is 1. The van der Waals surface area contributed by atoms with Gasteiger partial charge in [0.25, 0.3) is 5.91 Å². The smallest absolute Gasteiger partial charge is 0.251 e. The molecule has 25 heavy (non-hydrogen) atoms. The summed E-state index contributed by atoms with van der Waals surface area (Å²) in [6.07, 6.45) is 0. The molecule has 1 N–H and O–H groups in total. The third-order valence-corrected chi connectivity index (χ3v) is 5.89. The molecule has 1 aromatic heterocycles. The minimum atomic E-state index is 0.00171. The quantitative estimate of drug-likeness (QED) is 0.862. The first-order valence-corrected chi connectivity index (χ1v) is 9.92. The van der Waals surface area contributed by atoms with Crippen molar-refractivity contribution in [3.63, 3.8) is 0 Å². The Labute approximate surface area is 154 Å². The molecule has 134 valence electrons. The molecule has 3 rings (SSSR count). The molecule has 1 amide bonds. The second-order valence-corrected chi connectivity index (χ2v) is 7.54. The SMILES string of the molecule is CCN1CCN(C(c2cccs2)C(C)NC(=O)c2ccccc2)CC1. The Kier molecular flexibility index (Phi) is 6.24. The van der Waals surface area contributed by atoms with Crippen molar-refractivity contribution in [3.05, 3.63) is 58.3 Å². The number of amides is 1. The number of nitrogens with one attached hydrogen (secondary N) is 1. The third kappa shape index (κ3) is 4.48. The average Bonchev–Trinajstić information content (AvgIpc) is 3.17. The van der Waals surface area contributed by atoms with E-state index in [4.69, 9.17) is 0 Å². The maximum Gasteiger partial charge on any atom is 0.251 e. The third-order valence-electron chi connectivity index (χ3n) is 4.95. The van der Waals surface area contributed by atoms with E-state index >= 15 is 0 Å². The number of likely N-dealkylation sites (N-methyl/N-ethyl adjacent to an activating group) is 1. The largest absolute Gasteiger partial charge is 0.348 e. The van der Waals surface area contributed by atoms with Gasteiger partial charge in [0, 0.05) is 42.7 Å². The summed E-state index contributed by atoms with van der Waals surface area (Å²) in [5.74, 6) is 0.00171. The van der Waals surface area contributed by atoms with Crippen molar-refractivity contribution in [2.75, 3.05) is 32.7 Å². The van der Waals surface area contributed by atoms with E-state index in [-0.39, 0.29) is 18.0 Å². The first-order chi connectivity index (χ1) is 12.2. The molecule has 1 aromatic carbocycles. The van der Waals surface area contributed by atoms with Crippen LogP contribution in [0.25, 0.3) is 0 Å². The van der Waals surface area contributed by atoms with Crippen LogP contribution in [0.3, 0.4) is 0 Å². The van der Waals surface area contributed by atoms with Gasteiger partial charge in [-0.2, -0.15) is 0 Å². The van der Waals surface area contributed by atoms with Gasteiger partial charge in [0.05, 0.1) is 6.04 Å². The van der Waals surface area contributed by atoms with Crippen LogP contribution in [0.15, 0.2) is 47.8 Å². The van der Waals surface area contributed by atoms with Crippen LogP contribution < -0.4 is 5.32 Å². The van der Waals surface area contributed by atoms with E-state index in [9.17, 15) is 4.79 Å². The van der Waals surface area contributed by atoms with Gasteiger partial charge in [-0.05, 0) is 37.0 Å². The zero-order valence-corrected chi connectivity index (χ0v) is 15.8. The summed E-state index contributed by atoms with van der Waals surface area (Å²) in [6, 6.07) is 14.0. The lowest BCUT2D eigenvalue weighted by Gasteiger charge is -2.41. The van der Waals surface area contributed by atoms with Crippen molar-refractivity contribution in [1.29, 1.82) is 0 Å². The van der Waals surface area contributed by atoms with Gasteiger partial charge in [-0.1, -0.05) is 31.2 Å². The van der Waals surface area contributed by atoms with Crippen LogP contribution in [0.1, 0.15) is 35.1 Å². The van der Waals surface area contributed by atoms with Crippen molar-refractivity contribution in [3.8, 4) is 0 Å². The molecule has 0 radical (unpaired) electrons. The zero-order chi connectivity index (χ0) is 17.6. The van der Waals surface area contributed by atoms with Crippen LogP contribution in [-0.4, -0.2) is 54.5 Å².